The maximum Gasteiger partial charge on any atom is 0.224 e. The Balaban J connectivity index is 1.54. The lowest BCUT2D eigenvalue weighted by atomic mass is 9.81. The highest BCUT2D eigenvalue weighted by Gasteiger charge is 2.41. The first kappa shape index (κ1) is 17.9. The van der Waals surface area contributed by atoms with Crippen molar-refractivity contribution >= 4 is 17.5 Å². The molecule has 0 aromatic heterocycles. The van der Waals surface area contributed by atoms with Crippen LogP contribution < -0.4 is 10.6 Å². The van der Waals surface area contributed by atoms with E-state index in [2.05, 4.69) is 10.6 Å². The van der Waals surface area contributed by atoms with Crippen molar-refractivity contribution < 1.29 is 24.6 Å². The van der Waals surface area contributed by atoms with Crippen LogP contribution in [0, 0.1) is 5.92 Å². The number of benzene rings is 2. The number of hydrogen-bond acceptors (Lipinski definition) is 6. The molecule has 2 aromatic rings. The fourth-order valence-corrected chi connectivity index (χ4v) is 4.70. The van der Waals surface area contributed by atoms with Crippen LogP contribution >= 0.6 is 0 Å². The van der Waals surface area contributed by atoms with Gasteiger partial charge in [-0.2, -0.15) is 0 Å². The first-order chi connectivity index (χ1) is 14.0. The smallest absolute Gasteiger partial charge is 0.224 e. The number of phenolic OH excluding ortho intramolecular Hbond substituents is 2. The molecular weight excluding hydrogens is 372 g/mol. The summed E-state index contributed by atoms with van der Waals surface area (Å²) in [5.41, 5.74) is 0.858. The Kier molecular flexibility index (Phi) is 3.96. The van der Waals surface area contributed by atoms with E-state index in [9.17, 15) is 24.6 Å². The molecule has 0 spiro atoms. The van der Waals surface area contributed by atoms with E-state index in [1.807, 2.05) is 0 Å². The van der Waals surface area contributed by atoms with Crippen LogP contribution in [0.2, 0.25) is 0 Å². The van der Waals surface area contributed by atoms with Crippen molar-refractivity contribution in [1.29, 1.82) is 0 Å². The first-order valence-corrected chi connectivity index (χ1v) is 9.76. The molecule has 1 amide bonds. The van der Waals surface area contributed by atoms with E-state index < -0.39 is 17.5 Å². The van der Waals surface area contributed by atoms with Crippen molar-refractivity contribution in [3.63, 3.8) is 0 Å². The molecule has 2 aliphatic carbocycles. The molecule has 29 heavy (non-hydrogen) atoms. The van der Waals surface area contributed by atoms with Gasteiger partial charge < -0.3 is 20.8 Å². The van der Waals surface area contributed by atoms with E-state index in [0.717, 1.165) is 19.5 Å². The van der Waals surface area contributed by atoms with Gasteiger partial charge in [-0.05, 0) is 25.8 Å². The SMILES string of the molecule is O=C1c2ccccc2C(=O)c2c(O)c3c(c(O)c21)CC(C(=O)N[C@H]1CCNC1)C3. The molecule has 1 fully saturated rings. The van der Waals surface area contributed by atoms with Gasteiger partial charge in [0.1, 0.15) is 11.5 Å². The Labute approximate surface area is 166 Å². The topological polar surface area (TPSA) is 116 Å². The lowest BCUT2D eigenvalue weighted by Gasteiger charge is -2.21. The van der Waals surface area contributed by atoms with Crippen molar-refractivity contribution in [2.45, 2.75) is 25.3 Å². The quantitative estimate of drug-likeness (QED) is 0.485. The van der Waals surface area contributed by atoms with Crippen LogP contribution in [-0.4, -0.2) is 46.8 Å². The van der Waals surface area contributed by atoms with Gasteiger partial charge in [-0.3, -0.25) is 14.4 Å². The molecule has 1 atom stereocenters. The maximum atomic E-state index is 13.0. The predicted molar refractivity (Wildman–Crippen MR) is 103 cm³/mol. The number of rotatable bonds is 2. The molecule has 3 aliphatic rings. The second-order valence-electron chi connectivity index (χ2n) is 7.91. The molecule has 148 valence electrons. The summed E-state index contributed by atoms with van der Waals surface area (Å²) in [4.78, 5) is 38.6. The van der Waals surface area contributed by atoms with Crippen molar-refractivity contribution in [3.8, 4) is 11.5 Å². The van der Waals surface area contributed by atoms with Gasteiger partial charge in [-0.25, -0.2) is 0 Å². The van der Waals surface area contributed by atoms with Gasteiger partial charge in [0.15, 0.2) is 11.6 Å². The largest absolute Gasteiger partial charge is 0.507 e. The zero-order valence-corrected chi connectivity index (χ0v) is 15.6. The number of fused-ring (bicyclic) bond motifs is 3. The molecule has 1 saturated heterocycles. The molecule has 0 radical (unpaired) electrons. The highest BCUT2D eigenvalue weighted by atomic mass is 16.3. The minimum absolute atomic E-state index is 0.0688. The van der Waals surface area contributed by atoms with Gasteiger partial charge in [0, 0.05) is 40.8 Å². The Bertz CT molecular complexity index is 1020. The van der Waals surface area contributed by atoms with Crippen molar-refractivity contribution in [3.05, 3.63) is 57.6 Å². The minimum atomic E-state index is -0.490. The molecule has 0 unspecified atom stereocenters. The maximum absolute atomic E-state index is 13.0. The molecule has 0 bridgehead atoms. The van der Waals surface area contributed by atoms with Crippen LogP contribution in [0.4, 0.5) is 0 Å². The summed E-state index contributed by atoms with van der Waals surface area (Å²) in [7, 11) is 0. The van der Waals surface area contributed by atoms with E-state index >= 15 is 0 Å². The summed E-state index contributed by atoms with van der Waals surface area (Å²) in [6, 6.07) is 6.44. The lowest BCUT2D eigenvalue weighted by molar-refractivity contribution is -0.125. The number of carbonyl (C=O) groups is 3. The minimum Gasteiger partial charge on any atom is -0.507 e. The third-order valence-corrected chi connectivity index (χ3v) is 6.21. The van der Waals surface area contributed by atoms with Crippen LogP contribution in [-0.2, 0) is 17.6 Å². The van der Waals surface area contributed by atoms with Gasteiger partial charge in [-0.1, -0.05) is 24.3 Å². The second kappa shape index (κ2) is 6.42. The Morgan fingerprint density at radius 3 is 2.00 bits per heavy atom. The molecule has 0 saturated carbocycles. The van der Waals surface area contributed by atoms with Crippen LogP contribution in [0.3, 0.4) is 0 Å². The predicted octanol–water partition coefficient (Wildman–Crippen LogP) is 1.07. The van der Waals surface area contributed by atoms with Crippen molar-refractivity contribution in [2.75, 3.05) is 13.1 Å². The Morgan fingerprint density at radius 1 is 0.966 bits per heavy atom. The van der Waals surface area contributed by atoms with Gasteiger partial charge in [0.05, 0.1) is 11.1 Å². The highest BCUT2D eigenvalue weighted by Crippen LogP contribution is 2.47. The van der Waals surface area contributed by atoms with Gasteiger partial charge in [0.2, 0.25) is 5.91 Å². The van der Waals surface area contributed by atoms with E-state index in [0.29, 0.717) is 11.1 Å². The van der Waals surface area contributed by atoms with Gasteiger partial charge in [-0.15, -0.1) is 0 Å². The van der Waals surface area contributed by atoms with E-state index in [-0.39, 0.29) is 58.5 Å². The highest BCUT2D eigenvalue weighted by molar-refractivity contribution is 6.30. The summed E-state index contributed by atoms with van der Waals surface area (Å²) >= 11 is 0. The van der Waals surface area contributed by atoms with E-state index in [4.69, 9.17) is 0 Å². The van der Waals surface area contributed by atoms with Crippen LogP contribution in [0.1, 0.15) is 49.4 Å². The van der Waals surface area contributed by atoms with E-state index in [1.54, 1.807) is 12.1 Å². The van der Waals surface area contributed by atoms with Crippen molar-refractivity contribution in [1.82, 2.24) is 10.6 Å². The normalized spacial score (nSPS) is 20.3. The fourth-order valence-electron chi connectivity index (χ4n) is 4.70. The number of amides is 1. The number of hydrogen-bond donors (Lipinski definition) is 4. The van der Waals surface area contributed by atoms with Crippen LogP contribution in [0.5, 0.6) is 11.5 Å². The number of aromatic hydroxyl groups is 2. The molecule has 7 heteroatoms. The number of carbonyl (C=O) groups excluding carboxylic acids is 3. The molecular formula is C22H20N2O5. The number of nitrogens with one attached hydrogen (secondary N) is 2. The fraction of sp³-hybridized carbons (Fsp3) is 0.318. The van der Waals surface area contributed by atoms with E-state index in [1.165, 1.54) is 12.1 Å². The standard InChI is InChI=1S/C22H20N2O5/c25-18-12-3-1-2-4-13(12)19(26)17-16(18)20(27)14-7-10(8-15(14)21(17)28)22(29)24-11-5-6-23-9-11/h1-4,10-11,23,27-28H,5-9H2,(H,24,29)/t11-/m0/s1. The van der Waals surface area contributed by atoms with Gasteiger partial charge in [0.25, 0.3) is 0 Å². The van der Waals surface area contributed by atoms with Crippen LogP contribution in [0.15, 0.2) is 24.3 Å². The Morgan fingerprint density at radius 2 is 1.52 bits per heavy atom. The third kappa shape index (κ3) is 2.57. The van der Waals surface area contributed by atoms with Gasteiger partial charge >= 0.3 is 0 Å². The average molecular weight is 392 g/mol. The zero-order valence-electron chi connectivity index (χ0n) is 15.6. The monoisotopic (exact) mass is 392 g/mol. The number of phenols is 2. The molecule has 1 aliphatic heterocycles. The molecule has 2 aromatic carbocycles. The summed E-state index contributed by atoms with van der Waals surface area (Å²) in [6.07, 6.45) is 1.30. The van der Waals surface area contributed by atoms with Crippen LogP contribution in [0.25, 0.3) is 0 Å². The second-order valence-corrected chi connectivity index (χ2v) is 7.91. The summed E-state index contributed by atoms with van der Waals surface area (Å²) in [6.45, 7) is 1.58. The summed E-state index contributed by atoms with van der Waals surface area (Å²) in [5.74, 6) is -2.17. The summed E-state index contributed by atoms with van der Waals surface area (Å²) in [5, 5.41) is 27.9. The molecule has 4 N–H and O–H groups in total. The third-order valence-electron chi connectivity index (χ3n) is 6.21. The summed E-state index contributed by atoms with van der Waals surface area (Å²) < 4.78 is 0. The average Bonchev–Trinajstić information content (AvgIpc) is 3.39. The molecule has 5 rings (SSSR count). The van der Waals surface area contributed by atoms with Crippen molar-refractivity contribution in [2.24, 2.45) is 5.92 Å². The Hall–Kier alpha value is -3.19. The zero-order chi connectivity index (χ0) is 20.3. The lowest BCUT2D eigenvalue weighted by Crippen LogP contribution is -2.40. The first-order valence-electron chi connectivity index (χ1n) is 9.76. The number of ketones is 2. The molecule has 7 nitrogen and oxygen atoms in total. The molecule has 1 heterocycles.